The molecule has 142 valence electrons. The second-order valence-electron chi connectivity index (χ2n) is 7.77. The van der Waals surface area contributed by atoms with E-state index in [-0.39, 0.29) is 11.8 Å². The van der Waals surface area contributed by atoms with Gasteiger partial charge in [0.15, 0.2) is 0 Å². The molecule has 1 saturated heterocycles. The number of piperazine rings is 1. The molecule has 0 unspecified atom stereocenters. The van der Waals surface area contributed by atoms with Crippen molar-refractivity contribution in [3.05, 3.63) is 42.1 Å². The second kappa shape index (κ2) is 8.07. The summed E-state index contributed by atoms with van der Waals surface area (Å²) in [5.74, 6) is 1.05. The highest BCUT2D eigenvalue weighted by atomic mass is 16.2. The molecule has 2 aromatic rings. The monoisotopic (exact) mass is 365 g/mol. The zero-order chi connectivity index (χ0) is 18.6. The van der Waals surface area contributed by atoms with E-state index in [4.69, 9.17) is 0 Å². The number of fused-ring (bicyclic) bond motifs is 1. The minimum atomic E-state index is 0.0406. The molecule has 1 aromatic heterocycles. The summed E-state index contributed by atoms with van der Waals surface area (Å²) in [6, 6.07) is 9.50. The van der Waals surface area contributed by atoms with Crippen molar-refractivity contribution in [2.75, 3.05) is 26.2 Å². The van der Waals surface area contributed by atoms with Gasteiger partial charge in [-0.15, -0.1) is 0 Å². The fourth-order valence-corrected chi connectivity index (χ4v) is 4.33. The molecule has 1 aromatic carbocycles. The smallest absolute Gasteiger partial charge is 0.253 e. The molecule has 5 nitrogen and oxygen atoms in total. The molecule has 2 fully saturated rings. The molecular weight excluding hydrogens is 338 g/mol. The van der Waals surface area contributed by atoms with Crippen molar-refractivity contribution in [1.82, 2.24) is 14.8 Å². The first kappa shape index (κ1) is 18.0. The van der Waals surface area contributed by atoms with Gasteiger partial charge in [-0.05, 0) is 36.6 Å². The number of pyridine rings is 1. The maximum absolute atomic E-state index is 12.8. The predicted molar refractivity (Wildman–Crippen MR) is 105 cm³/mol. The van der Waals surface area contributed by atoms with Gasteiger partial charge in [-0.1, -0.05) is 31.7 Å². The van der Waals surface area contributed by atoms with Gasteiger partial charge in [-0.2, -0.15) is 0 Å². The van der Waals surface area contributed by atoms with Crippen LogP contribution in [-0.2, 0) is 4.79 Å². The summed E-state index contributed by atoms with van der Waals surface area (Å²) in [4.78, 5) is 33.4. The quantitative estimate of drug-likeness (QED) is 0.833. The fraction of sp³-hybridized carbons (Fsp3) is 0.500. The highest BCUT2D eigenvalue weighted by Gasteiger charge is 2.25. The molecule has 2 aliphatic rings. The molecule has 0 radical (unpaired) electrons. The number of hydrogen-bond donors (Lipinski definition) is 0. The van der Waals surface area contributed by atoms with Crippen LogP contribution >= 0.6 is 0 Å². The van der Waals surface area contributed by atoms with Crippen LogP contribution in [0.3, 0.4) is 0 Å². The number of carbonyl (C=O) groups excluding carboxylic acids is 2. The van der Waals surface area contributed by atoms with E-state index in [1.165, 1.54) is 25.7 Å². The molecule has 1 saturated carbocycles. The number of aromatic nitrogens is 1. The van der Waals surface area contributed by atoms with Crippen molar-refractivity contribution in [2.45, 2.75) is 38.5 Å². The third kappa shape index (κ3) is 4.12. The van der Waals surface area contributed by atoms with Crippen molar-refractivity contribution < 1.29 is 9.59 Å². The molecule has 5 heteroatoms. The molecule has 1 aliphatic heterocycles. The van der Waals surface area contributed by atoms with E-state index in [9.17, 15) is 9.59 Å². The number of carbonyl (C=O) groups is 2. The molecule has 27 heavy (non-hydrogen) atoms. The first-order valence-corrected chi connectivity index (χ1v) is 10.1. The fourth-order valence-electron chi connectivity index (χ4n) is 4.33. The zero-order valence-electron chi connectivity index (χ0n) is 15.8. The summed E-state index contributed by atoms with van der Waals surface area (Å²) in [6.07, 6.45) is 8.68. The molecule has 0 N–H and O–H groups in total. The van der Waals surface area contributed by atoms with E-state index >= 15 is 0 Å². The Bertz CT molecular complexity index is 821. The number of nitrogens with zero attached hydrogens (tertiary/aromatic N) is 3. The number of amides is 2. The van der Waals surface area contributed by atoms with E-state index in [1.807, 2.05) is 40.1 Å². The Morgan fingerprint density at radius 3 is 2.52 bits per heavy atom. The number of benzene rings is 1. The van der Waals surface area contributed by atoms with Gasteiger partial charge in [-0.25, -0.2) is 0 Å². The lowest BCUT2D eigenvalue weighted by Crippen LogP contribution is -2.50. The molecule has 2 amide bonds. The minimum absolute atomic E-state index is 0.0406. The Morgan fingerprint density at radius 2 is 1.74 bits per heavy atom. The van der Waals surface area contributed by atoms with E-state index in [0.29, 0.717) is 38.2 Å². The number of rotatable bonds is 4. The SMILES string of the molecule is O=C(CCC1CCCC1)N1CCN(C(=O)c2ccc3ncccc3c2)CC1. The van der Waals surface area contributed by atoms with E-state index in [1.54, 1.807) is 6.20 Å². The molecule has 4 rings (SSSR count). The van der Waals surface area contributed by atoms with Crippen LogP contribution in [0.1, 0.15) is 48.9 Å². The van der Waals surface area contributed by atoms with Gasteiger partial charge in [0.1, 0.15) is 0 Å². The average molecular weight is 365 g/mol. The molecule has 2 heterocycles. The van der Waals surface area contributed by atoms with Crippen LogP contribution in [0.25, 0.3) is 10.9 Å². The summed E-state index contributed by atoms with van der Waals surface area (Å²) in [7, 11) is 0. The highest BCUT2D eigenvalue weighted by molar-refractivity contribution is 5.98. The largest absolute Gasteiger partial charge is 0.339 e. The lowest BCUT2D eigenvalue weighted by Gasteiger charge is -2.35. The maximum Gasteiger partial charge on any atom is 0.253 e. The van der Waals surface area contributed by atoms with Crippen LogP contribution in [0.15, 0.2) is 36.5 Å². The first-order valence-electron chi connectivity index (χ1n) is 10.1. The Hall–Kier alpha value is -2.43. The number of hydrogen-bond acceptors (Lipinski definition) is 3. The standard InChI is InChI=1S/C22H27N3O2/c26-21(10-7-17-4-1-2-5-17)24-12-14-25(15-13-24)22(27)19-8-9-20-18(16-19)6-3-11-23-20/h3,6,8-9,11,16-17H,1-2,4-5,7,10,12-15H2. The molecule has 0 atom stereocenters. The summed E-state index contributed by atoms with van der Waals surface area (Å²) in [5, 5.41) is 0.976. The van der Waals surface area contributed by atoms with Gasteiger partial charge >= 0.3 is 0 Å². The van der Waals surface area contributed by atoms with Crippen LogP contribution in [0.5, 0.6) is 0 Å². The third-order valence-electron chi connectivity index (χ3n) is 6.01. The van der Waals surface area contributed by atoms with Crippen molar-refractivity contribution >= 4 is 22.7 Å². The molecule has 0 spiro atoms. The van der Waals surface area contributed by atoms with Gasteiger partial charge in [0, 0.05) is 49.7 Å². The van der Waals surface area contributed by atoms with Crippen molar-refractivity contribution in [3.8, 4) is 0 Å². The normalized spacial score (nSPS) is 18.2. The zero-order valence-corrected chi connectivity index (χ0v) is 15.8. The molecule has 1 aliphatic carbocycles. The second-order valence-corrected chi connectivity index (χ2v) is 7.77. The first-order chi connectivity index (χ1) is 13.2. The van der Waals surface area contributed by atoms with Gasteiger partial charge in [-0.3, -0.25) is 14.6 Å². The lowest BCUT2D eigenvalue weighted by molar-refractivity contribution is -0.133. The predicted octanol–water partition coefficient (Wildman–Crippen LogP) is 3.49. The summed E-state index contributed by atoms with van der Waals surface area (Å²) in [5.41, 5.74) is 1.59. The molecule has 0 bridgehead atoms. The van der Waals surface area contributed by atoms with Crippen LogP contribution < -0.4 is 0 Å². The van der Waals surface area contributed by atoms with Crippen molar-refractivity contribution in [1.29, 1.82) is 0 Å². The summed E-state index contributed by atoms with van der Waals surface area (Å²) in [6.45, 7) is 2.51. The van der Waals surface area contributed by atoms with Crippen molar-refractivity contribution in [3.63, 3.8) is 0 Å². The Balaban J connectivity index is 1.31. The van der Waals surface area contributed by atoms with E-state index in [0.717, 1.165) is 23.2 Å². The van der Waals surface area contributed by atoms with Gasteiger partial charge < -0.3 is 9.80 Å². The summed E-state index contributed by atoms with van der Waals surface area (Å²) < 4.78 is 0. The lowest BCUT2D eigenvalue weighted by atomic mass is 10.0. The van der Waals surface area contributed by atoms with Crippen LogP contribution in [-0.4, -0.2) is 52.8 Å². The van der Waals surface area contributed by atoms with Crippen LogP contribution in [0.4, 0.5) is 0 Å². The van der Waals surface area contributed by atoms with Gasteiger partial charge in [0.05, 0.1) is 5.52 Å². The maximum atomic E-state index is 12.8. The van der Waals surface area contributed by atoms with Crippen LogP contribution in [0.2, 0.25) is 0 Å². The Kier molecular flexibility index (Phi) is 5.37. The van der Waals surface area contributed by atoms with Crippen LogP contribution in [0, 0.1) is 5.92 Å². The van der Waals surface area contributed by atoms with E-state index in [2.05, 4.69) is 4.98 Å². The Morgan fingerprint density at radius 1 is 1.00 bits per heavy atom. The molecular formula is C22H27N3O2. The summed E-state index contributed by atoms with van der Waals surface area (Å²) >= 11 is 0. The average Bonchev–Trinajstić information content (AvgIpc) is 3.25. The topological polar surface area (TPSA) is 53.5 Å². The van der Waals surface area contributed by atoms with Crippen molar-refractivity contribution in [2.24, 2.45) is 5.92 Å². The highest BCUT2D eigenvalue weighted by Crippen LogP contribution is 2.28. The van der Waals surface area contributed by atoms with Gasteiger partial charge in [0.2, 0.25) is 5.91 Å². The minimum Gasteiger partial charge on any atom is -0.339 e. The van der Waals surface area contributed by atoms with Gasteiger partial charge in [0.25, 0.3) is 5.91 Å². The third-order valence-corrected chi connectivity index (χ3v) is 6.01. The Labute approximate surface area is 160 Å². The van der Waals surface area contributed by atoms with E-state index < -0.39 is 0 Å².